The average molecular weight is 421 g/mol. The third-order valence-corrected chi connectivity index (χ3v) is 5.73. The molecule has 0 spiro atoms. The summed E-state index contributed by atoms with van der Waals surface area (Å²) in [5.74, 6) is 1.69. The molecule has 0 atom stereocenters. The number of carbonyl (C=O) groups excluding carboxylic acids is 1. The minimum atomic E-state index is 0.113. The maximum Gasteiger partial charge on any atom is 0.242 e. The van der Waals surface area contributed by atoms with Crippen LogP contribution in [0.25, 0.3) is 22.5 Å². The van der Waals surface area contributed by atoms with Crippen LogP contribution in [0.3, 0.4) is 0 Å². The first-order valence-corrected chi connectivity index (χ1v) is 10.4. The maximum absolute atomic E-state index is 13.0. The standard InChI is InChI=1S/C24H28N4O3/c1-26-12-14-27(15-13-26)22(29)16-28-17-25-23(18-4-8-20(30-2)9-5-18)24(28)19-6-10-21(31-3)11-7-19/h4-11,17H,12-16H2,1-3H3. The SMILES string of the molecule is COc1ccc(-c2ncn(CC(=O)N3CCN(C)CC3)c2-c2ccc(OC)cc2)cc1. The first-order chi connectivity index (χ1) is 15.1. The number of amides is 1. The van der Waals surface area contributed by atoms with Crippen molar-refractivity contribution in [1.29, 1.82) is 0 Å². The molecule has 4 rings (SSSR count). The lowest BCUT2D eigenvalue weighted by Crippen LogP contribution is -2.48. The second-order valence-corrected chi connectivity index (χ2v) is 7.71. The van der Waals surface area contributed by atoms with Gasteiger partial charge in [0.25, 0.3) is 0 Å². The van der Waals surface area contributed by atoms with Crippen LogP contribution in [0.5, 0.6) is 11.5 Å². The highest BCUT2D eigenvalue weighted by Gasteiger charge is 2.22. The summed E-state index contributed by atoms with van der Waals surface area (Å²) in [6.45, 7) is 3.57. The van der Waals surface area contributed by atoms with E-state index in [1.54, 1.807) is 20.5 Å². The van der Waals surface area contributed by atoms with Gasteiger partial charge in [-0.1, -0.05) is 0 Å². The Morgan fingerprint density at radius 3 is 1.97 bits per heavy atom. The number of hydrogen-bond acceptors (Lipinski definition) is 5. The summed E-state index contributed by atoms with van der Waals surface area (Å²) in [6.07, 6.45) is 1.76. The average Bonchev–Trinajstić information content (AvgIpc) is 3.23. The van der Waals surface area contributed by atoms with Crippen LogP contribution in [-0.2, 0) is 11.3 Å². The van der Waals surface area contributed by atoms with Gasteiger partial charge in [0.2, 0.25) is 5.91 Å². The van der Waals surface area contributed by atoms with Crippen molar-refractivity contribution in [3.05, 3.63) is 54.9 Å². The van der Waals surface area contributed by atoms with Crippen LogP contribution in [0, 0.1) is 0 Å². The molecule has 1 amide bonds. The highest BCUT2D eigenvalue weighted by molar-refractivity contribution is 5.82. The minimum Gasteiger partial charge on any atom is -0.497 e. The summed E-state index contributed by atoms with van der Waals surface area (Å²) in [4.78, 5) is 21.9. The molecule has 0 unspecified atom stereocenters. The fourth-order valence-electron chi connectivity index (χ4n) is 3.82. The third kappa shape index (κ3) is 4.56. The molecule has 1 fully saturated rings. The number of benzene rings is 2. The topological polar surface area (TPSA) is 59.8 Å². The van der Waals surface area contributed by atoms with Gasteiger partial charge < -0.3 is 23.8 Å². The summed E-state index contributed by atoms with van der Waals surface area (Å²) >= 11 is 0. The zero-order valence-corrected chi connectivity index (χ0v) is 18.2. The van der Waals surface area contributed by atoms with E-state index in [1.165, 1.54) is 0 Å². The molecule has 1 aliphatic heterocycles. The summed E-state index contributed by atoms with van der Waals surface area (Å²) in [7, 11) is 5.38. The van der Waals surface area contributed by atoms with E-state index in [1.807, 2.05) is 58.0 Å². The molecule has 7 nitrogen and oxygen atoms in total. The predicted molar refractivity (Wildman–Crippen MR) is 120 cm³/mol. The van der Waals surface area contributed by atoms with Gasteiger partial charge in [-0.25, -0.2) is 4.98 Å². The monoisotopic (exact) mass is 420 g/mol. The van der Waals surface area contributed by atoms with Crippen molar-refractivity contribution in [1.82, 2.24) is 19.4 Å². The van der Waals surface area contributed by atoms with Crippen LogP contribution < -0.4 is 9.47 Å². The largest absolute Gasteiger partial charge is 0.497 e. The van der Waals surface area contributed by atoms with E-state index in [-0.39, 0.29) is 12.5 Å². The molecule has 0 bridgehead atoms. The Morgan fingerprint density at radius 2 is 1.42 bits per heavy atom. The molecule has 2 aromatic carbocycles. The lowest BCUT2D eigenvalue weighted by molar-refractivity contribution is -0.133. The number of ether oxygens (including phenoxy) is 2. The fourth-order valence-corrected chi connectivity index (χ4v) is 3.82. The van der Waals surface area contributed by atoms with E-state index in [0.717, 1.165) is 60.2 Å². The number of rotatable bonds is 6. The number of likely N-dealkylation sites (N-methyl/N-ethyl adjacent to an activating group) is 1. The lowest BCUT2D eigenvalue weighted by atomic mass is 10.0. The molecule has 7 heteroatoms. The van der Waals surface area contributed by atoms with E-state index in [9.17, 15) is 4.79 Å². The van der Waals surface area contributed by atoms with Gasteiger partial charge in [0, 0.05) is 37.3 Å². The molecule has 31 heavy (non-hydrogen) atoms. The first kappa shape index (κ1) is 20.9. The van der Waals surface area contributed by atoms with Gasteiger partial charge in [-0.05, 0) is 55.6 Å². The van der Waals surface area contributed by atoms with Gasteiger partial charge in [-0.15, -0.1) is 0 Å². The Labute approximate surface area is 182 Å². The number of imidazole rings is 1. The van der Waals surface area contributed by atoms with E-state index in [2.05, 4.69) is 16.9 Å². The molecule has 0 saturated carbocycles. The predicted octanol–water partition coefficient (Wildman–Crippen LogP) is 3.01. The quantitative estimate of drug-likeness (QED) is 0.614. The second-order valence-electron chi connectivity index (χ2n) is 7.71. The number of nitrogens with zero attached hydrogens (tertiary/aromatic N) is 4. The lowest BCUT2D eigenvalue weighted by Gasteiger charge is -2.32. The van der Waals surface area contributed by atoms with E-state index in [4.69, 9.17) is 9.47 Å². The van der Waals surface area contributed by atoms with E-state index < -0.39 is 0 Å². The van der Waals surface area contributed by atoms with E-state index in [0.29, 0.717) is 0 Å². The van der Waals surface area contributed by atoms with Crippen molar-refractivity contribution in [2.45, 2.75) is 6.54 Å². The Balaban J connectivity index is 1.68. The van der Waals surface area contributed by atoms with Crippen LogP contribution in [-0.4, -0.2) is 72.7 Å². The molecule has 0 N–H and O–H groups in total. The fraction of sp³-hybridized carbons (Fsp3) is 0.333. The van der Waals surface area contributed by atoms with Gasteiger partial charge in [-0.2, -0.15) is 0 Å². The van der Waals surface area contributed by atoms with Gasteiger partial charge >= 0.3 is 0 Å². The number of methoxy groups -OCH3 is 2. The summed E-state index contributed by atoms with van der Waals surface area (Å²) in [6, 6.07) is 15.7. The molecule has 1 aromatic heterocycles. The van der Waals surface area contributed by atoms with Gasteiger partial charge in [0.15, 0.2) is 0 Å². The van der Waals surface area contributed by atoms with Crippen LogP contribution in [0.2, 0.25) is 0 Å². The van der Waals surface area contributed by atoms with Crippen LogP contribution in [0.15, 0.2) is 54.9 Å². The molecule has 2 heterocycles. The summed E-state index contributed by atoms with van der Waals surface area (Å²) in [5, 5.41) is 0. The van der Waals surface area contributed by atoms with Crippen LogP contribution in [0.1, 0.15) is 0 Å². The van der Waals surface area contributed by atoms with Crippen LogP contribution in [0.4, 0.5) is 0 Å². The van der Waals surface area contributed by atoms with Crippen molar-refractivity contribution in [2.75, 3.05) is 47.4 Å². The molecule has 0 aliphatic carbocycles. The Hall–Kier alpha value is -3.32. The maximum atomic E-state index is 13.0. The number of aromatic nitrogens is 2. The molecular formula is C24H28N4O3. The number of carbonyl (C=O) groups is 1. The molecule has 1 saturated heterocycles. The van der Waals surface area contributed by atoms with Crippen molar-refractivity contribution >= 4 is 5.91 Å². The molecule has 162 valence electrons. The number of piperazine rings is 1. The zero-order valence-electron chi connectivity index (χ0n) is 18.2. The minimum absolute atomic E-state index is 0.113. The van der Waals surface area contributed by atoms with Gasteiger partial charge in [-0.3, -0.25) is 4.79 Å². The Morgan fingerprint density at radius 1 is 0.871 bits per heavy atom. The summed E-state index contributed by atoms with van der Waals surface area (Å²) in [5.41, 5.74) is 3.70. The smallest absolute Gasteiger partial charge is 0.242 e. The van der Waals surface area contributed by atoms with Crippen molar-refractivity contribution in [2.24, 2.45) is 0 Å². The van der Waals surface area contributed by atoms with Crippen LogP contribution >= 0.6 is 0 Å². The Bertz CT molecular complexity index is 1020. The van der Waals surface area contributed by atoms with Gasteiger partial charge in [0.1, 0.15) is 18.0 Å². The highest BCUT2D eigenvalue weighted by atomic mass is 16.5. The molecule has 3 aromatic rings. The zero-order chi connectivity index (χ0) is 21.8. The molecule has 1 aliphatic rings. The van der Waals surface area contributed by atoms with Crippen molar-refractivity contribution in [3.63, 3.8) is 0 Å². The van der Waals surface area contributed by atoms with E-state index >= 15 is 0 Å². The van der Waals surface area contributed by atoms with Crippen molar-refractivity contribution in [3.8, 4) is 34.0 Å². The highest BCUT2D eigenvalue weighted by Crippen LogP contribution is 2.33. The Kier molecular flexibility index (Phi) is 6.23. The normalized spacial score (nSPS) is 14.5. The second kappa shape index (κ2) is 9.22. The first-order valence-electron chi connectivity index (χ1n) is 10.4. The summed E-state index contributed by atoms with van der Waals surface area (Å²) < 4.78 is 12.5. The molecular weight excluding hydrogens is 392 g/mol. The van der Waals surface area contributed by atoms with Crippen molar-refractivity contribution < 1.29 is 14.3 Å². The molecule has 0 radical (unpaired) electrons. The third-order valence-electron chi connectivity index (χ3n) is 5.73. The number of hydrogen-bond donors (Lipinski definition) is 0. The van der Waals surface area contributed by atoms with Gasteiger partial charge in [0.05, 0.1) is 31.9 Å².